The van der Waals surface area contributed by atoms with E-state index < -0.39 is 0 Å². The standard InChI is InChI=1S/C18H21N9OS/c28-18(14-10-13(21-22-14)15-2-1-9-29-15)26-7-5-25(6-8-26)16-3-4-17(24-23-16)27-12-19-11-20-27/h1-4,9,11-14,21-22H,5-8,10H2. The Kier molecular flexibility index (Phi) is 4.92. The summed E-state index contributed by atoms with van der Waals surface area (Å²) in [5.41, 5.74) is 6.42. The Morgan fingerprint density at radius 2 is 1.90 bits per heavy atom. The van der Waals surface area contributed by atoms with E-state index in [-0.39, 0.29) is 18.0 Å². The molecule has 2 aliphatic heterocycles. The molecule has 1 amide bonds. The molecule has 2 N–H and O–H groups in total. The van der Waals surface area contributed by atoms with Gasteiger partial charge in [0, 0.05) is 31.1 Å². The maximum Gasteiger partial charge on any atom is 0.241 e. The van der Waals surface area contributed by atoms with Crippen LogP contribution in [-0.4, -0.2) is 68.0 Å². The summed E-state index contributed by atoms with van der Waals surface area (Å²) < 4.78 is 1.57. The van der Waals surface area contributed by atoms with Crippen molar-refractivity contribution in [2.24, 2.45) is 0 Å². The van der Waals surface area contributed by atoms with Crippen molar-refractivity contribution in [2.45, 2.75) is 18.5 Å². The van der Waals surface area contributed by atoms with Crippen molar-refractivity contribution in [3.05, 3.63) is 47.2 Å². The highest BCUT2D eigenvalue weighted by Crippen LogP contribution is 2.27. The lowest BCUT2D eigenvalue weighted by Crippen LogP contribution is -2.53. The van der Waals surface area contributed by atoms with Crippen molar-refractivity contribution in [1.29, 1.82) is 0 Å². The second kappa shape index (κ2) is 7.85. The zero-order chi connectivity index (χ0) is 19.6. The monoisotopic (exact) mass is 411 g/mol. The average molecular weight is 411 g/mol. The number of thiophene rings is 1. The number of aromatic nitrogens is 5. The van der Waals surface area contributed by atoms with Gasteiger partial charge in [0.25, 0.3) is 0 Å². The first kappa shape index (κ1) is 18.2. The molecule has 3 aromatic rings. The summed E-state index contributed by atoms with van der Waals surface area (Å²) >= 11 is 1.71. The molecule has 2 atom stereocenters. The van der Waals surface area contributed by atoms with Gasteiger partial charge in [0.15, 0.2) is 11.6 Å². The molecule has 150 valence electrons. The summed E-state index contributed by atoms with van der Waals surface area (Å²) in [4.78, 5) is 22.2. The van der Waals surface area contributed by atoms with Crippen LogP contribution in [0, 0.1) is 0 Å². The smallest absolute Gasteiger partial charge is 0.241 e. The number of nitrogens with zero attached hydrogens (tertiary/aromatic N) is 7. The lowest BCUT2D eigenvalue weighted by molar-refractivity contribution is -0.133. The first-order valence-electron chi connectivity index (χ1n) is 9.55. The van der Waals surface area contributed by atoms with Gasteiger partial charge < -0.3 is 9.80 Å². The lowest BCUT2D eigenvalue weighted by atomic mass is 10.1. The summed E-state index contributed by atoms with van der Waals surface area (Å²) in [6.45, 7) is 2.82. The number of hydrogen-bond acceptors (Lipinski definition) is 9. The summed E-state index contributed by atoms with van der Waals surface area (Å²) in [6, 6.07) is 7.95. The van der Waals surface area contributed by atoms with Crippen LogP contribution in [0.4, 0.5) is 5.82 Å². The summed E-state index contributed by atoms with van der Waals surface area (Å²) in [5.74, 6) is 1.59. The molecule has 0 aliphatic carbocycles. The predicted octanol–water partition coefficient (Wildman–Crippen LogP) is 0.375. The van der Waals surface area contributed by atoms with Crippen LogP contribution in [-0.2, 0) is 4.79 Å². The van der Waals surface area contributed by atoms with E-state index in [1.54, 1.807) is 22.3 Å². The van der Waals surface area contributed by atoms with Gasteiger partial charge in [-0.2, -0.15) is 5.10 Å². The van der Waals surface area contributed by atoms with E-state index in [4.69, 9.17) is 0 Å². The van der Waals surface area contributed by atoms with E-state index in [1.165, 1.54) is 11.2 Å². The van der Waals surface area contributed by atoms with Gasteiger partial charge in [0.2, 0.25) is 5.91 Å². The van der Waals surface area contributed by atoms with Gasteiger partial charge in [-0.05, 0) is 30.0 Å². The molecule has 5 heterocycles. The zero-order valence-electron chi connectivity index (χ0n) is 15.7. The second-order valence-electron chi connectivity index (χ2n) is 7.05. The van der Waals surface area contributed by atoms with Crippen molar-refractivity contribution in [2.75, 3.05) is 31.1 Å². The highest BCUT2D eigenvalue weighted by Gasteiger charge is 2.34. The number of amides is 1. The Morgan fingerprint density at radius 1 is 1.07 bits per heavy atom. The van der Waals surface area contributed by atoms with Crippen molar-refractivity contribution in [3.63, 3.8) is 0 Å². The summed E-state index contributed by atoms with van der Waals surface area (Å²) in [5, 5.41) is 14.6. The highest BCUT2D eigenvalue weighted by molar-refractivity contribution is 7.10. The molecule has 0 spiro atoms. The fraction of sp³-hybridized carbons (Fsp3) is 0.389. The normalized spacial score (nSPS) is 22.2. The third-order valence-electron chi connectivity index (χ3n) is 5.29. The molecule has 0 aromatic carbocycles. The van der Waals surface area contributed by atoms with Crippen LogP contribution in [0.15, 0.2) is 42.3 Å². The molecular weight excluding hydrogens is 390 g/mol. The summed E-state index contributed by atoms with van der Waals surface area (Å²) in [6.07, 6.45) is 3.82. The number of carbonyl (C=O) groups is 1. The molecule has 5 rings (SSSR count). The molecule has 11 heteroatoms. The Bertz CT molecular complexity index is 936. The second-order valence-corrected chi connectivity index (χ2v) is 8.03. The topological polar surface area (TPSA) is 104 Å². The van der Waals surface area contributed by atoms with Crippen LogP contribution in [0.5, 0.6) is 0 Å². The Morgan fingerprint density at radius 3 is 2.59 bits per heavy atom. The number of hydrazine groups is 1. The van der Waals surface area contributed by atoms with Gasteiger partial charge in [-0.1, -0.05) is 6.07 Å². The average Bonchev–Trinajstić information content (AvgIpc) is 3.55. The van der Waals surface area contributed by atoms with E-state index in [0.717, 1.165) is 25.3 Å². The molecule has 2 unspecified atom stereocenters. The minimum absolute atomic E-state index is 0.156. The van der Waals surface area contributed by atoms with Gasteiger partial charge in [0.1, 0.15) is 18.7 Å². The Balaban J connectivity index is 1.16. The minimum atomic E-state index is -0.185. The van der Waals surface area contributed by atoms with Gasteiger partial charge in [-0.15, -0.1) is 21.5 Å². The van der Waals surface area contributed by atoms with Gasteiger partial charge in [-0.25, -0.2) is 20.5 Å². The largest absolute Gasteiger partial charge is 0.352 e. The Hall–Kier alpha value is -2.89. The van der Waals surface area contributed by atoms with Crippen LogP contribution in [0.25, 0.3) is 5.82 Å². The number of nitrogens with one attached hydrogen (secondary N) is 2. The third kappa shape index (κ3) is 3.71. The first-order chi connectivity index (χ1) is 14.3. The van der Waals surface area contributed by atoms with Crippen molar-refractivity contribution >= 4 is 23.1 Å². The fourth-order valence-corrected chi connectivity index (χ4v) is 4.50. The third-order valence-corrected chi connectivity index (χ3v) is 6.28. The Labute approximate surface area is 171 Å². The van der Waals surface area contributed by atoms with Gasteiger partial charge >= 0.3 is 0 Å². The molecule has 2 saturated heterocycles. The maximum absolute atomic E-state index is 12.9. The predicted molar refractivity (Wildman–Crippen MR) is 107 cm³/mol. The highest BCUT2D eigenvalue weighted by atomic mass is 32.1. The van der Waals surface area contributed by atoms with E-state index in [9.17, 15) is 4.79 Å². The van der Waals surface area contributed by atoms with Crippen molar-refractivity contribution < 1.29 is 4.79 Å². The van der Waals surface area contributed by atoms with E-state index >= 15 is 0 Å². The number of carbonyl (C=O) groups excluding carboxylic acids is 1. The molecule has 3 aromatic heterocycles. The molecule has 2 aliphatic rings. The quantitative estimate of drug-likeness (QED) is 0.635. The maximum atomic E-state index is 12.9. The minimum Gasteiger partial charge on any atom is -0.352 e. The fourth-order valence-electron chi connectivity index (χ4n) is 3.71. The van der Waals surface area contributed by atoms with E-state index in [2.05, 4.69) is 47.5 Å². The molecule has 10 nitrogen and oxygen atoms in total. The number of hydrogen-bond donors (Lipinski definition) is 2. The van der Waals surface area contributed by atoms with E-state index in [0.29, 0.717) is 18.9 Å². The van der Waals surface area contributed by atoms with Crippen molar-refractivity contribution in [1.82, 2.24) is 40.7 Å². The molecular formula is C18H21N9OS. The zero-order valence-corrected chi connectivity index (χ0v) is 16.5. The van der Waals surface area contributed by atoms with Gasteiger partial charge in [-0.3, -0.25) is 4.79 Å². The van der Waals surface area contributed by atoms with Crippen LogP contribution in [0.2, 0.25) is 0 Å². The SMILES string of the molecule is O=C(C1CC(c2cccs2)NN1)N1CCN(c2ccc(-n3cncn3)nn2)CC1. The molecule has 0 bridgehead atoms. The molecule has 2 fully saturated rings. The molecule has 0 radical (unpaired) electrons. The van der Waals surface area contributed by atoms with Crippen LogP contribution >= 0.6 is 11.3 Å². The number of rotatable bonds is 4. The van der Waals surface area contributed by atoms with E-state index in [1.807, 2.05) is 23.1 Å². The number of piperazine rings is 1. The van der Waals surface area contributed by atoms with Crippen molar-refractivity contribution in [3.8, 4) is 5.82 Å². The van der Waals surface area contributed by atoms with Gasteiger partial charge in [0.05, 0.1) is 6.04 Å². The van der Waals surface area contributed by atoms with Crippen LogP contribution in [0.1, 0.15) is 17.3 Å². The van der Waals surface area contributed by atoms with Crippen LogP contribution < -0.4 is 15.8 Å². The molecule has 29 heavy (non-hydrogen) atoms. The summed E-state index contributed by atoms with van der Waals surface area (Å²) in [7, 11) is 0. The number of anilines is 1. The molecule has 0 saturated carbocycles. The first-order valence-corrected chi connectivity index (χ1v) is 10.4. The van der Waals surface area contributed by atoms with Crippen LogP contribution in [0.3, 0.4) is 0 Å². The lowest BCUT2D eigenvalue weighted by Gasteiger charge is -2.36.